The van der Waals surface area contributed by atoms with Gasteiger partial charge in [0.05, 0.1) is 10.9 Å². The smallest absolute Gasteiger partial charge is 0.239 e. The zero-order chi connectivity index (χ0) is 13.8. The zero-order valence-corrected chi connectivity index (χ0v) is 12.7. The van der Waals surface area contributed by atoms with Crippen LogP contribution in [-0.4, -0.2) is 16.3 Å². The third-order valence-electron chi connectivity index (χ3n) is 2.60. The Bertz CT molecular complexity index is 537. The Kier molecular flexibility index (Phi) is 4.66. The molecular formula is C13H16N2O2S2. The molecule has 19 heavy (non-hydrogen) atoms. The Morgan fingerprint density at radius 1 is 1.53 bits per heavy atom. The molecule has 0 saturated carbocycles. The van der Waals surface area contributed by atoms with Crippen LogP contribution in [0.25, 0.3) is 0 Å². The number of hydrogen-bond donors (Lipinski definition) is 1. The monoisotopic (exact) mass is 296 g/mol. The van der Waals surface area contributed by atoms with E-state index in [-0.39, 0.29) is 11.2 Å². The molecule has 102 valence electrons. The van der Waals surface area contributed by atoms with Crippen molar-refractivity contribution in [1.82, 2.24) is 5.16 Å². The van der Waals surface area contributed by atoms with Gasteiger partial charge in [-0.25, -0.2) is 0 Å². The average molecular weight is 296 g/mol. The summed E-state index contributed by atoms with van der Waals surface area (Å²) in [6.45, 7) is 5.82. The van der Waals surface area contributed by atoms with Crippen LogP contribution in [0.2, 0.25) is 0 Å². The summed E-state index contributed by atoms with van der Waals surface area (Å²) in [5.74, 6) is 0.336. The summed E-state index contributed by atoms with van der Waals surface area (Å²) in [5.41, 5.74) is 0.752. The molecule has 4 nitrogen and oxygen atoms in total. The minimum absolute atomic E-state index is 0.0652. The Balaban J connectivity index is 1.89. The predicted octanol–water partition coefficient (Wildman–Crippen LogP) is 3.87. The maximum absolute atomic E-state index is 12.0. The summed E-state index contributed by atoms with van der Waals surface area (Å²) in [7, 11) is 0. The summed E-state index contributed by atoms with van der Waals surface area (Å²) < 4.78 is 4.97. The number of anilines is 1. The fourth-order valence-electron chi connectivity index (χ4n) is 1.60. The number of aromatic nitrogens is 1. The van der Waals surface area contributed by atoms with E-state index in [2.05, 4.69) is 28.8 Å². The highest BCUT2D eigenvalue weighted by molar-refractivity contribution is 8.00. The maximum atomic E-state index is 12.0. The molecule has 6 heteroatoms. The number of nitrogens with zero attached hydrogens (tertiary/aromatic N) is 1. The Morgan fingerprint density at radius 2 is 2.32 bits per heavy atom. The number of rotatable bonds is 5. The molecular weight excluding hydrogens is 280 g/mol. The van der Waals surface area contributed by atoms with Gasteiger partial charge in [-0.1, -0.05) is 11.2 Å². The molecule has 0 spiro atoms. The topological polar surface area (TPSA) is 55.1 Å². The van der Waals surface area contributed by atoms with Crippen molar-refractivity contribution in [2.45, 2.75) is 31.3 Å². The molecule has 0 bridgehead atoms. The number of aryl methyl sites for hydroxylation is 1. The molecule has 2 heterocycles. The van der Waals surface area contributed by atoms with E-state index in [0.29, 0.717) is 11.1 Å². The largest absolute Gasteiger partial charge is 0.338 e. The van der Waals surface area contributed by atoms with Crippen molar-refractivity contribution in [3.63, 3.8) is 0 Å². The third-order valence-corrected chi connectivity index (χ3v) is 5.08. The molecule has 0 aliphatic rings. The Hall–Kier alpha value is -1.27. The van der Waals surface area contributed by atoms with Crippen molar-refractivity contribution < 1.29 is 9.32 Å². The molecule has 0 aromatic carbocycles. The van der Waals surface area contributed by atoms with E-state index in [9.17, 15) is 4.79 Å². The van der Waals surface area contributed by atoms with Gasteiger partial charge in [0.2, 0.25) is 11.8 Å². The first kappa shape index (κ1) is 14.1. The number of carbonyl (C=O) groups is 1. The molecule has 2 rings (SSSR count). The van der Waals surface area contributed by atoms with E-state index in [1.165, 1.54) is 4.88 Å². The quantitative estimate of drug-likeness (QED) is 0.910. The van der Waals surface area contributed by atoms with Crippen LogP contribution in [0, 0.1) is 6.92 Å². The first-order chi connectivity index (χ1) is 9.06. The molecule has 0 fully saturated rings. The van der Waals surface area contributed by atoms with Crippen molar-refractivity contribution in [3.8, 4) is 0 Å². The van der Waals surface area contributed by atoms with E-state index >= 15 is 0 Å². The second-order valence-electron chi connectivity index (χ2n) is 4.26. The van der Waals surface area contributed by atoms with Crippen LogP contribution in [-0.2, 0) is 4.79 Å². The van der Waals surface area contributed by atoms with Crippen molar-refractivity contribution >= 4 is 34.9 Å². The Morgan fingerprint density at radius 3 is 2.89 bits per heavy atom. The normalized spacial score (nSPS) is 14.1. The lowest BCUT2D eigenvalue weighted by Gasteiger charge is -2.15. The molecule has 0 radical (unpaired) electrons. The highest BCUT2D eigenvalue weighted by Gasteiger charge is 2.19. The lowest BCUT2D eigenvalue weighted by Crippen LogP contribution is -2.22. The van der Waals surface area contributed by atoms with Gasteiger partial charge in [0, 0.05) is 16.2 Å². The van der Waals surface area contributed by atoms with Crippen LogP contribution in [0.5, 0.6) is 0 Å². The first-order valence-corrected chi connectivity index (χ1v) is 7.81. The van der Waals surface area contributed by atoms with Crippen LogP contribution >= 0.6 is 23.1 Å². The maximum Gasteiger partial charge on any atom is 0.239 e. The van der Waals surface area contributed by atoms with Gasteiger partial charge in [0.15, 0.2) is 0 Å². The lowest BCUT2D eigenvalue weighted by molar-refractivity contribution is -0.115. The van der Waals surface area contributed by atoms with E-state index in [0.717, 1.165) is 5.69 Å². The van der Waals surface area contributed by atoms with Crippen LogP contribution in [0.4, 0.5) is 5.88 Å². The van der Waals surface area contributed by atoms with Crippen LogP contribution in [0.15, 0.2) is 28.1 Å². The van der Waals surface area contributed by atoms with E-state index in [4.69, 9.17) is 4.52 Å². The standard InChI is InChI=1S/C13H16N2O2S2/c1-8-7-12(17-15-8)14-13(16)10(3)19-9(2)11-5-4-6-18-11/h4-7,9-10H,1-3H3,(H,14,16). The van der Waals surface area contributed by atoms with E-state index in [1.807, 2.05) is 19.9 Å². The lowest BCUT2D eigenvalue weighted by atomic mass is 10.4. The molecule has 0 aliphatic carbocycles. The summed E-state index contributed by atoms with van der Waals surface area (Å²) in [6.07, 6.45) is 0. The van der Waals surface area contributed by atoms with Crippen molar-refractivity contribution in [1.29, 1.82) is 0 Å². The van der Waals surface area contributed by atoms with Gasteiger partial charge in [-0.2, -0.15) is 0 Å². The number of amides is 1. The van der Waals surface area contributed by atoms with Gasteiger partial charge in [0.25, 0.3) is 0 Å². The number of carbonyl (C=O) groups excluding carboxylic acids is 1. The van der Waals surface area contributed by atoms with Crippen molar-refractivity contribution in [2.24, 2.45) is 0 Å². The second kappa shape index (κ2) is 6.25. The minimum Gasteiger partial charge on any atom is -0.338 e. The van der Waals surface area contributed by atoms with Crippen LogP contribution in [0.1, 0.15) is 29.7 Å². The fourth-order valence-corrected chi connectivity index (χ4v) is 3.61. The van der Waals surface area contributed by atoms with E-state index < -0.39 is 0 Å². The molecule has 0 aliphatic heterocycles. The molecule has 1 amide bonds. The van der Waals surface area contributed by atoms with Gasteiger partial charge in [0.1, 0.15) is 0 Å². The molecule has 2 aromatic heterocycles. The highest BCUT2D eigenvalue weighted by atomic mass is 32.2. The summed E-state index contributed by atoms with van der Waals surface area (Å²) in [5, 5.41) is 8.67. The van der Waals surface area contributed by atoms with Gasteiger partial charge in [-0.05, 0) is 32.2 Å². The number of nitrogens with one attached hydrogen (secondary N) is 1. The van der Waals surface area contributed by atoms with Gasteiger partial charge < -0.3 is 4.52 Å². The van der Waals surface area contributed by atoms with E-state index in [1.54, 1.807) is 29.2 Å². The highest BCUT2D eigenvalue weighted by Crippen LogP contribution is 2.34. The van der Waals surface area contributed by atoms with Crippen molar-refractivity contribution in [3.05, 3.63) is 34.2 Å². The minimum atomic E-state index is -0.150. The zero-order valence-electron chi connectivity index (χ0n) is 11.0. The molecule has 1 N–H and O–H groups in total. The molecule has 0 saturated heterocycles. The average Bonchev–Trinajstić information content (AvgIpc) is 3.00. The summed E-state index contributed by atoms with van der Waals surface area (Å²) >= 11 is 3.34. The predicted molar refractivity (Wildman–Crippen MR) is 79.7 cm³/mol. The molecule has 2 atom stereocenters. The number of hydrogen-bond acceptors (Lipinski definition) is 5. The van der Waals surface area contributed by atoms with Crippen LogP contribution in [0.3, 0.4) is 0 Å². The summed E-state index contributed by atoms with van der Waals surface area (Å²) in [4.78, 5) is 13.3. The fraction of sp³-hybridized carbons (Fsp3) is 0.385. The SMILES string of the molecule is Cc1cc(NC(=O)C(C)SC(C)c2cccs2)on1. The second-order valence-corrected chi connectivity index (χ2v) is 6.92. The third kappa shape index (κ3) is 3.84. The molecule has 2 aromatic rings. The van der Waals surface area contributed by atoms with Crippen molar-refractivity contribution in [2.75, 3.05) is 5.32 Å². The number of thiophene rings is 1. The summed E-state index contributed by atoms with van der Waals surface area (Å²) in [6, 6.07) is 5.82. The van der Waals surface area contributed by atoms with Gasteiger partial charge in [-0.3, -0.25) is 10.1 Å². The van der Waals surface area contributed by atoms with Gasteiger partial charge in [-0.15, -0.1) is 23.1 Å². The van der Waals surface area contributed by atoms with Gasteiger partial charge >= 0.3 is 0 Å². The first-order valence-electron chi connectivity index (χ1n) is 5.99. The molecule has 2 unspecified atom stereocenters. The Labute approximate surface area is 120 Å². The van der Waals surface area contributed by atoms with Crippen LogP contribution < -0.4 is 5.32 Å². The number of thioether (sulfide) groups is 1.